The van der Waals surface area contributed by atoms with E-state index in [2.05, 4.69) is 16.0 Å². The van der Waals surface area contributed by atoms with Gasteiger partial charge in [0.2, 0.25) is 0 Å². The van der Waals surface area contributed by atoms with Crippen molar-refractivity contribution < 1.29 is 14.3 Å². The number of carbonyl (C=O) groups excluding carboxylic acids is 2. The number of hydrogen-bond acceptors (Lipinski definition) is 5. The van der Waals surface area contributed by atoms with Crippen LogP contribution in [0.15, 0.2) is 53.3 Å². The Morgan fingerprint density at radius 3 is 2.43 bits per heavy atom. The lowest BCUT2D eigenvalue weighted by molar-refractivity contribution is 0.0843. The summed E-state index contributed by atoms with van der Waals surface area (Å²) in [5.74, 6) is -0.536. The normalized spacial score (nSPS) is 10.8. The van der Waals surface area contributed by atoms with Crippen LogP contribution in [0.2, 0.25) is 0 Å². The molecule has 0 atom stereocenters. The van der Waals surface area contributed by atoms with Gasteiger partial charge in [0.05, 0.1) is 18.0 Å². The molecule has 156 valence electrons. The van der Waals surface area contributed by atoms with E-state index in [1.807, 2.05) is 6.92 Å². The number of nitrogens with zero attached hydrogens (tertiary/aromatic N) is 2. The van der Waals surface area contributed by atoms with Crippen molar-refractivity contribution in [1.82, 2.24) is 20.6 Å². The lowest BCUT2D eigenvalue weighted by Crippen LogP contribution is -2.43. The van der Waals surface area contributed by atoms with Crippen molar-refractivity contribution in [3.63, 3.8) is 0 Å². The average Bonchev–Trinajstić information content (AvgIpc) is 2.76. The Balaban J connectivity index is 1.81. The van der Waals surface area contributed by atoms with E-state index in [-0.39, 0.29) is 17.3 Å². The van der Waals surface area contributed by atoms with Crippen LogP contribution >= 0.6 is 0 Å². The molecule has 0 unspecified atom stereocenters. The van der Waals surface area contributed by atoms with Crippen LogP contribution in [0.25, 0.3) is 10.8 Å². The first kappa shape index (κ1) is 21.0. The highest BCUT2D eigenvalue weighted by molar-refractivity contribution is 6.06. The van der Waals surface area contributed by atoms with Gasteiger partial charge in [-0.05, 0) is 44.5 Å². The van der Waals surface area contributed by atoms with Gasteiger partial charge < -0.3 is 4.74 Å². The van der Waals surface area contributed by atoms with Gasteiger partial charge in [-0.1, -0.05) is 31.2 Å². The number of hydrogen-bond donors (Lipinski definition) is 2. The molecular formula is C22H24N4O4. The Kier molecular flexibility index (Phi) is 6.46. The van der Waals surface area contributed by atoms with E-state index in [0.29, 0.717) is 28.7 Å². The zero-order chi connectivity index (χ0) is 21.7. The van der Waals surface area contributed by atoms with Gasteiger partial charge in [-0.15, -0.1) is 0 Å². The molecule has 0 fully saturated rings. The van der Waals surface area contributed by atoms with E-state index in [9.17, 15) is 14.4 Å². The number of ether oxygens (including phenoxy) is 1. The van der Waals surface area contributed by atoms with Crippen molar-refractivity contribution in [1.29, 1.82) is 0 Å². The predicted molar refractivity (Wildman–Crippen MR) is 114 cm³/mol. The van der Waals surface area contributed by atoms with Crippen molar-refractivity contribution in [2.45, 2.75) is 33.2 Å². The second-order valence-electron chi connectivity index (χ2n) is 7.02. The predicted octanol–water partition coefficient (Wildman–Crippen LogP) is 2.84. The summed E-state index contributed by atoms with van der Waals surface area (Å²) in [6.45, 7) is 6.15. The standard InChI is InChI=1S/C22H24N4O4/c1-4-12-30-16-9-7-8-15(13-16)20(27)23-24-21(28)19-17-10-5-6-11-18(17)22(29)26(25-19)14(2)3/h5-11,13-14H,4,12H2,1-3H3,(H,23,27)(H,24,28). The van der Waals surface area contributed by atoms with Crippen molar-refractivity contribution >= 4 is 22.6 Å². The third-order valence-electron chi connectivity index (χ3n) is 4.39. The lowest BCUT2D eigenvalue weighted by atomic mass is 10.1. The molecule has 3 rings (SSSR count). The lowest BCUT2D eigenvalue weighted by Gasteiger charge is -2.14. The third-order valence-corrected chi connectivity index (χ3v) is 4.39. The SMILES string of the molecule is CCCOc1cccc(C(=O)NNC(=O)c2nn(C(C)C)c(=O)c3ccccc23)c1. The van der Waals surface area contributed by atoms with E-state index < -0.39 is 11.8 Å². The maximum Gasteiger partial charge on any atom is 0.290 e. The molecule has 2 N–H and O–H groups in total. The first-order valence-electron chi connectivity index (χ1n) is 9.77. The molecule has 0 saturated heterocycles. The number of fused-ring (bicyclic) bond motifs is 1. The van der Waals surface area contributed by atoms with Crippen LogP contribution in [0.3, 0.4) is 0 Å². The second kappa shape index (κ2) is 9.21. The van der Waals surface area contributed by atoms with E-state index in [1.54, 1.807) is 62.4 Å². The van der Waals surface area contributed by atoms with E-state index >= 15 is 0 Å². The molecule has 8 heteroatoms. The van der Waals surface area contributed by atoms with E-state index in [1.165, 1.54) is 4.68 Å². The Hall–Kier alpha value is -3.68. The minimum atomic E-state index is -0.618. The Labute approximate surface area is 173 Å². The smallest absolute Gasteiger partial charge is 0.290 e. The maximum absolute atomic E-state index is 12.8. The second-order valence-corrected chi connectivity index (χ2v) is 7.02. The van der Waals surface area contributed by atoms with Gasteiger partial charge in [-0.3, -0.25) is 25.2 Å². The van der Waals surface area contributed by atoms with Crippen molar-refractivity contribution in [3.8, 4) is 5.75 Å². The van der Waals surface area contributed by atoms with Crippen LogP contribution in [0.4, 0.5) is 0 Å². The maximum atomic E-state index is 12.8. The van der Waals surface area contributed by atoms with Gasteiger partial charge in [0.1, 0.15) is 5.75 Å². The molecule has 1 heterocycles. The zero-order valence-corrected chi connectivity index (χ0v) is 17.1. The highest BCUT2D eigenvalue weighted by atomic mass is 16.5. The largest absolute Gasteiger partial charge is 0.494 e. The average molecular weight is 408 g/mol. The zero-order valence-electron chi connectivity index (χ0n) is 17.1. The Morgan fingerprint density at radius 1 is 1.03 bits per heavy atom. The van der Waals surface area contributed by atoms with Gasteiger partial charge in [0.15, 0.2) is 5.69 Å². The molecule has 0 saturated carbocycles. The number of benzene rings is 2. The van der Waals surface area contributed by atoms with Gasteiger partial charge in [0, 0.05) is 10.9 Å². The molecule has 0 aliphatic heterocycles. The fourth-order valence-electron chi connectivity index (χ4n) is 2.92. The molecule has 0 aliphatic carbocycles. The van der Waals surface area contributed by atoms with Crippen LogP contribution in [-0.4, -0.2) is 28.2 Å². The van der Waals surface area contributed by atoms with Crippen molar-refractivity contribution in [2.75, 3.05) is 6.61 Å². The van der Waals surface area contributed by atoms with E-state index in [4.69, 9.17) is 4.74 Å². The summed E-state index contributed by atoms with van der Waals surface area (Å²) in [4.78, 5) is 37.8. The number of aromatic nitrogens is 2. The van der Waals surface area contributed by atoms with Gasteiger partial charge in [-0.2, -0.15) is 5.10 Å². The molecule has 0 spiro atoms. The van der Waals surface area contributed by atoms with Crippen molar-refractivity contribution in [3.05, 3.63) is 70.1 Å². The molecule has 0 bridgehead atoms. The first-order valence-corrected chi connectivity index (χ1v) is 9.77. The summed E-state index contributed by atoms with van der Waals surface area (Å²) in [5.41, 5.74) is 4.89. The molecule has 0 radical (unpaired) electrons. The summed E-state index contributed by atoms with van der Waals surface area (Å²) in [6, 6.07) is 13.2. The molecule has 2 aromatic carbocycles. The van der Waals surface area contributed by atoms with Crippen molar-refractivity contribution in [2.24, 2.45) is 0 Å². The quantitative estimate of drug-likeness (QED) is 0.611. The topological polar surface area (TPSA) is 102 Å². The molecular weight excluding hydrogens is 384 g/mol. The number of carbonyl (C=O) groups is 2. The molecule has 8 nitrogen and oxygen atoms in total. The molecule has 0 aliphatic rings. The number of nitrogens with one attached hydrogen (secondary N) is 2. The molecule has 1 aromatic heterocycles. The minimum absolute atomic E-state index is 0.0548. The Morgan fingerprint density at radius 2 is 1.73 bits per heavy atom. The van der Waals surface area contributed by atoms with E-state index in [0.717, 1.165) is 6.42 Å². The fraction of sp³-hybridized carbons (Fsp3) is 0.273. The summed E-state index contributed by atoms with van der Waals surface area (Å²) in [7, 11) is 0. The summed E-state index contributed by atoms with van der Waals surface area (Å²) < 4.78 is 6.78. The first-order chi connectivity index (χ1) is 14.4. The van der Waals surface area contributed by atoms with Crippen LogP contribution in [0.1, 0.15) is 54.1 Å². The third kappa shape index (κ3) is 4.48. The minimum Gasteiger partial charge on any atom is -0.494 e. The highest BCUT2D eigenvalue weighted by Crippen LogP contribution is 2.15. The van der Waals surface area contributed by atoms with Crippen LogP contribution < -0.4 is 21.1 Å². The molecule has 30 heavy (non-hydrogen) atoms. The monoisotopic (exact) mass is 408 g/mol. The van der Waals surface area contributed by atoms with Crippen LogP contribution in [-0.2, 0) is 0 Å². The highest BCUT2D eigenvalue weighted by Gasteiger charge is 2.18. The summed E-state index contributed by atoms with van der Waals surface area (Å²) >= 11 is 0. The van der Waals surface area contributed by atoms with Gasteiger partial charge >= 0.3 is 0 Å². The van der Waals surface area contributed by atoms with Gasteiger partial charge in [-0.25, -0.2) is 4.68 Å². The molecule has 2 amide bonds. The molecule has 3 aromatic rings. The van der Waals surface area contributed by atoms with Gasteiger partial charge in [0.25, 0.3) is 17.4 Å². The summed E-state index contributed by atoms with van der Waals surface area (Å²) in [6.07, 6.45) is 0.853. The number of rotatable bonds is 6. The van der Waals surface area contributed by atoms with Crippen LogP contribution in [0.5, 0.6) is 5.75 Å². The fourth-order valence-corrected chi connectivity index (χ4v) is 2.92. The number of amides is 2. The Bertz CT molecular complexity index is 1140. The van der Waals surface area contributed by atoms with Crippen LogP contribution in [0, 0.1) is 0 Å². The number of hydrazine groups is 1. The summed E-state index contributed by atoms with van der Waals surface area (Å²) in [5, 5.41) is 5.02.